The lowest BCUT2D eigenvalue weighted by atomic mass is 10.1. The number of hydrogen-bond acceptors (Lipinski definition) is 6. The molecule has 1 saturated heterocycles. The van der Waals surface area contributed by atoms with Crippen LogP contribution in [0.3, 0.4) is 0 Å². The summed E-state index contributed by atoms with van der Waals surface area (Å²) in [6.07, 6.45) is 2.70. The minimum absolute atomic E-state index is 0.220. The second kappa shape index (κ2) is 7.69. The van der Waals surface area contributed by atoms with Crippen LogP contribution in [0.1, 0.15) is 21.5 Å². The number of ether oxygens (including phenoxy) is 2. The SMILES string of the molecule is COC(=O)c1ccc(N=C2NC(=O)C(=Cc3ccc4c(c3)CCO4)S2)c(Cl)c1. The van der Waals surface area contributed by atoms with Crippen molar-refractivity contribution in [1.29, 1.82) is 0 Å². The number of nitrogens with zero attached hydrogens (tertiary/aromatic N) is 1. The molecule has 0 aromatic heterocycles. The maximum Gasteiger partial charge on any atom is 0.337 e. The molecule has 0 saturated carbocycles. The number of amidine groups is 1. The maximum atomic E-state index is 12.3. The molecular formula is C20H15ClN2O4S. The summed E-state index contributed by atoms with van der Waals surface area (Å²) in [5.74, 6) is 0.204. The maximum absolute atomic E-state index is 12.3. The molecule has 2 aliphatic heterocycles. The van der Waals surface area contributed by atoms with E-state index in [0.29, 0.717) is 33.0 Å². The van der Waals surface area contributed by atoms with Gasteiger partial charge in [-0.05, 0) is 59.3 Å². The zero-order valence-electron chi connectivity index (χ0n) is 14.8. The minimum Gasteiger partial charge on any atom is -0.493 e. The van der Waals surface area contributed by atoms with Crippen molar-refractivity contribution in [3.05, 3.63) is 63.0 Å². The Labute approximate surface area is 170 Å². The zero-order chi connectivity index (χ0) is 19.7. The molecule has 2 heterocycles. The van der Waals surface area contributed by atoms with E-state index in [1.54, 1.807) is 12.1 Å². The van der Waals surface area contributed by atoms with E-state index in [9.17, 15) is 9.59 Å². The number of thioether (sulfide) groups is 1. The minimum atomic E-state index is -0.477. The molecule has 4 rings (SSSR count). The van der Waals surface area contributed by atoms with Crippen LogP contribution in [0.4, 0.5) is 5.69 Å². The Kier molecular flexibility index (Phi) is 5.11. The van der Waals surface area contributed by atoms with E-state index in [-0.39, 0.29) is 5.91 Å². The summed E-state index contributed by atoms with van der Waals surface area (Å²) in [5, 5.41) is 3.45. The lowest BCUT2D eigenvalue weighted by Gasteiger charge is -2.03. The van der Waals surface area contributed by atoms with E-state index in [2.05, 4.69) is 15.0 Å². The Morgan fingerprint density at radius 3 is 2.96 bits per heavy atom. The van der Waals surface area contributed by atoms with Crippen LogP contribution in [-0.2, 0) is 16.0 Å². The monoisotopic (exact) mass is 414 g/mol. The molecule has 8 heteroatoms. The zero-order valence-corrected chi connectivity index (χ0v) is 16.4. The van der Waals surface area contributed by atoms with Gasteiger partial charge in [-0.1, -0.05) is 17.7 Å². The molecule has 0 aliphatic carbocycles. The molecule has 0 radical (unpaired) electrons. The fourth-order valence-corrected chi connectivity index (χ4v) is 3.94. The Morgan fingerprint density at radius 1 is 1.32 bits per heavy atom. The third-order valence-corrected chi connectivity index (χ3v) is 5.47. The Bertz CT molecular complexity index is 1050. The number of esters is 1. The van der Waals surface area contributed by atoms with Gasteiger partial charge in [0.1, 0.15) is 5.75 Å². The average Bonchev–Trinajstić information content (AvgIpc) is 3.29. The van der Waals surface area contributed by atoms with Gasteiger partial charge in [-0.3, -0.25) is 4.79 Å². The van der Waals surface area contributed by atoms with Crippen molar-refractivity contribution < 1.29 is 19.1 Å². The van der Waals surface area contributed by atoms with Crippen LogP contribution in [0, 0.1) is 0 Å². The van der Waals surface area contributed by atoms with E-state index in [1.807, 2.05) is 24.3 Å². The molecule has 2 aromatic rings. The third-order valence-electron chi connectivity index (χ3n) is 4.25. The quantitative estimate of drug-likeness (QED) is 0.607. The van der Waals surface area contributed by atoms with Gasteiger partial charge in [-0.15, -0.1) is 0 Å². The molecule has 2 aromatic carbocycles. The second-order valence-electron chi connectivity index (χ2n) is 6.11. The van der Waals surface area contributed by atoms with Crippen molar-refractivity contribution in [2.45, 2.75) is 6.42 Å². The number of aliphatic imine (C=N–C) groups is 1. The van der Waals surface area contributed by atoms with E-state index in [4.69, 9.17) is 16.3 Å². The van der Waals surface area contributed by atoms with Gasteiger partial charge in [0.25, 0.3) is 5.91 Å². The lowest BCUT2D eigenvalue weighted by molar-refractivity contribution is -0.115. The fraction of sp³-hybridized carbons (Fsp3) is 0.150. The number of amides is 1. The molecule has 0 atom stereocenters. The van der Waals surface area contributed by atoms with Gasteiger partial charge in [0.15, 0.2) is 5.17 Å². The van der Waals surface area contributed by atoms with Gasteiger partial charge in [0.2, 0.25) is 0 Å². The van der Waals surface area contributed by atoms with Gasteiger partial charge in [0.05, 0.1) is 34.9 Å². The van der Waals surface area contributed by atoms with Crippen LogP contribution in [0.25, 0.3) is 6.08 Å². The molecule has 1 amide bonds. The second-order valence-corrected chi connectivity index (χ2v) is 7.54. The summed E-state index contributed by atoms with van der Waals surface area (Å²) in [6.45, 7) is 0.691. The molecule has 142 valence electrons. The van der Waals surface area contributed by atoms with Crippen LogP contribution in [-0.4, -0.2) is 30.8 Å². The summed E-state index contributed by atoms with van der Waals surface area (Å²) in [7, 11) is 1.30. The van der Waals surface area contributed by atoms with Crippen molar-refractivity contribution in [2.75, 3.05) is 13.7 Å². The average molecular weight is 415 g/mol. The van der Waals surface area contributed by atoms with Crippen LogP contribution in [0.5, 0.6) is 5.75 Å². The number of carbonyl (C=O) groups is 2. The van der Waals surface area contributed by atoms with E-state index >= 15 is 0 Å². The number of rotatable bonds is 3. The van der Waals surface area contributed by atoms with Gasteiger partial charge in [-0.25, -0.2) is 9.79 Å². The molecular weight excluding hydrogens is 400 g/mol. The normalized spacial score (nSPS) is 18.1. The summed E-state index contributed by atoms with van der Waals surface area (Å²) < 4.78 is 10.2. The summed E-state index contributed by atoms with van der Waals surface area (Å²) in [4.78, 5) is 28.8. The van der Waals surface area contributed by atoms with Gasteiger partial charge in [-0.2, -0.15) is 0 Å². The van der Waals surface area contributed by atoms with Crippen molar-refractivity contribution in [1.82, 2.24) is 5.32 Å². The number of carbonyl (C=O) groups excluding carboxylic acids is 2. The number of nitrogens with one attached hydrogen (secondary N) is 1. The van der Waals surface area contributed by atoms with Crippen molar-refractivity contribution in [3.63, 3.8) is 0 Å². The highest BCUT2D eigenvalue weighted by atomic mass is 35.5. The number of hydrogen-bond donors (Lipinski definition) is 1. The van der Waals surface area contributed by atoms with Crippen molar-refractivity contribution in [3.8, 4) is 5.75 Å². The highest BCUT2D eigenvalue weighted by molar-refractivity contribution is 8.18. The Balaban J connectivity index is 1.55. The number of benzene rings is 2. The molecule has 1 N–H and O–H groups in total. The van der Waals surface area contributed by atoms with E-state index in [1.165, 1.54) is 24.9 Å². The smallest absolute Gasteiger partial charge is 0.337 e. The summed E-state index contributed by atoms with van der Waals surface area (Å²) >= 11 is 7.44. The van der Waals surface area contributed by atoms with Crippen LogP contribution in [0.15, 0.2) is 46.3 Å². The van der Waals surface area contributed by atoms with Crippen LogP contribution in [0.2, 0.25) is 5.02 Å². The first kappa shape index (κ1) is 18.6. The highest BCUT2D eigenvalue weighted by Crippen LogP contribution is 2.33. The first-order chi connectivity index (χ1) is 13.5. The van der Waals surface area contributed by atoms with E-state index in [0.717, 1.165) is 23.3 Å². The predicted octanol–water partition coefficient (Wildman–Crippen LogP) is 3.95. The molecule has 0 spiro atoms. The van der Waals surface area contributed by atoms with Gasteiger partial charge < -0.3 is 14.8 Å². The predicted molar refractivity (Wildman–Crippen MR) is 109 cm³/mol. The van der Waals surface area contributed by atoms with Gasteiger partial charge in [0, 0.05) is 6.42 Å². The lowest BCUT2D eigenvalue weighted by Crippen LogP contribution is -2.19. The van der Waals surface area contributed by atoms with Gasteiger partial charge >= 0.3 is 5.97 Å². The number of halogens is 1. The molecule has 0 unspecified atom stereocenters. The van der Waals surface area contributed by atoms with Crippen LogP contribution >= 0.6 is 23.4 Å². The van der Waals surface area contributed by atoms with Crippen molar-refractivity contribution in [2.24, 2.45) is 4.99 Å². The Morgan fingerprint density at radius 2 is 2.18 bits per heavy atom. The van der Waals surface area contributed by atoms with E-state index < -0.39 is 5.97 Å². The molecule has 6 nitrogen and oxygen atoms in total. The largest absolute Gasteiger partial charge is 0.493 e. The molecule has 0 bridgehead atoms. The Hall–Kier alpha value is -2.77. The van der Waals surface area contributed by atoms with Crippen molar-refractivity contribution >= 4 is 52.2 Å². The topological polar surface area (TPSA) is 77.0 Å². The highest BCUT2D eigenvalue weighted by Gasteiger charge is 2.24. The third kappa shape index (κ3) is 3.76. The van der Waals surface area contributed by atoms with Crippen LogP contribution < -0.4 is 10.1 Å². The first-order valence-electron chi connectivity index (χ1n) is 8.46. The number of fused-ring (bicyclic) bond motifs is 1. The summed E-state index contributed by atoms with van der Waals surface area (Å²) in [6, 6.07) is 10.5. The standard InChI is InChI=1S/C20H15ClN2O4S/c1-26-19(25)13-3-4-15(14(21)10-13)22-20-23-18(24)17(28-20)9-11-2-5-16-12(8-11)6-7-27-16/h2-5,8-10H,6-7H2,1H3,(H,22,23,24). The molecule has 28 heavy (non-hydrogen) atoms. The fourth-order valence-electron chi connectivity index (χ4n) is 2.88. The molecule has 1 fully saturated rings. The molecule has 2 aliphatic rings. The number of methoxy groups -OCH3 is 1. The first-order valence-corrected chi connectivity index (χ1v) is 9.66. The summed E-state index contributed by atoms with van der Waals surface area (Å²) in [5.41, 5.74) is 2.86.